The largest absolute Gasteiger partial charge is 0.391 e. The Morgan fingerprint density at radius 3 is 2.58 bits per heavy atom. The minimum Gasteiger partial charge on any atom is -0.359 e. The second-order valence-electron chi connectivity index (χ2n) is 6.76. The number of carbonyl (C=O) groups is 1. The van der Waals surface area contributed by atoms with E-state index in [1.165, 1.54) is 0 Å². The Hall–Kier alpha value is -1.73. The van der Waals surface area contributed by atoms with Crippen molar-refractivity contribution < 1.29 is 22.5 Å². The average Bonchev–Trinajstić information content (AvgIpc) is 3.15. The van der Waals surface area contributed by atoms with E-state index in [1.807, 2.05) is 13.0 Å². The van der Waals surface area contributed by atoms with Crippen LogP contribution in [-0.4, -0.2) is 34.9 Å². The number of nitrogens with zero attached hydrogens (tertiary/aromatic N) is 2. The fourth-order valence-electron chi connectivity index (χ4n) is 3.67. The van der Waals surface area contributed by atoms with Crippen LogP contribution in [0.3, 0.4) is 0 Å². The lowest BCUT2D eigenvalue weighted by atomic mass is 9.85. The fraction of sp³-hybridized carbons (Fsp3) is 0.750. The minimum absolute atomic E-state index is 0.0825. The van der Waals surface area contributed by atoms with E-state index in [4.69, 9.17) is 4.52 Å². The zero-order valence-corrected chi connectivity index (χ0v) is 13.6. The zero-order chi connectivity index (χ0) is 17.3. The molecular weight excluding hydrogens is 323 g/mol. The van der Waals surface area contributed by atoms with Gasteiger partial charge >= 0.3 is 12.2 Å². The van der Waals surface area contributed by atoms with Crippen molar-refractivity contribution in [3.8, 4) is 0 Å². The Labute approximate surface area is 138 Å². The third kappa shape index (κ3) is 3.67. The lowest BCUT2D eigenvalue weighted by molar-refractivity contribution is -0.182. The maximum atomic E-state index is 12.7. The number of hydrogen-bond acceptors (Lipinski definition) is 3. The summed E-state index contributed by atoms with van der Waals surface area (Å²) in [7, 11) is 0. The van der Waals surface area contributed by atoms with Crippen LogP contribution >= 0.6 is 0 Å². The molecule has 1 saturated carbocycles. The van der Waals surface area contributed by atoms with Crippen molar-refractivity contribution in [3.05, 3.63) is 17.5 Å². The molecular formula is C16H22F3N3O2. The highest BCUT2D eigenvalue weighted by molar-refractivity contribution is 5.75. The van der Waals surface area contributed by atoms with Gasteiger partial charge in [0.25, 0.3) is 0 Å². The summed E-state index contributed by atoms with van der Waals surface area (Å²) in [4.78, 5) is 14.2. The van der Waals surface area contributed by atoms with Gasteiger partial charge in [-0.25, -0.2) is 4.79 Å². The van der Waals surface area contributed by atoms with E-state index in [9.17, 15) is 18.0 Å². The topological polar surface area (TPSA) is 58.4 Å². The minimum atomic E-state index is -4.13. The van der Waals surface area contributed by atoms with Crippen LogP contribution in [0, 0.1) is 12.8 Å². The van der Waals surface area contributed by atoms with Crippen LogP contribution in [-0.2, 0) is 0 Å². The summed E-state index contributed by atoms with van der Waals surface area (Å²) < 4.78 is 43.4. The Kier molecular flexibility index (Phi) is 4.73. The van der Waals surface area contributed by atoms with Crippen molar-refractivity contribution in [2.45, 2.75) is 63.7 Å². The van der Waals surface area contributed by atoms with Crippen molar-refractivity contribution in [3.63, 3.8) is 0 Å². The third-order valence-corrected chi connectivity index (χ3v) is 5.01. The van der Waals surface area contributed by atoms with Gasteiger partial charge in [-0.05, 0) is 45.4 Å². The Morgan fingerprint density at radius 2 is 2.00 bits per heavy atom. The maximum Gasteiger partial charge on any atom is 0.391 e. The van der Waals surface area contributed by atoms with Gasteiger partial charge in [0, 0.05) is 18.7 Å². The molecule has 134 valence electrons. The molecule has 2 amide bonds. The van der Waals surface area contributed by atoms with Gasteiger partial charge in [0.1, 0.15) is 0 Å². The van der Waals surface area contributed by atoms with Crippen LogP contribution < -0.4 is 5.32 Å². The van der Waals surface area contributed by atoms with Crippen LogP contribution in [0.15, 0.2) is 10.6 Å². The Bertz CT molecular complexity index is 579. The van der Waals surface area contributed by atoms with E-state index >= 15 is 0 Å². The third-order valence-electron chi connectivity index (χ3n) is 5.01. The molecule has 0 bridgehead atoms. The standard InChI is InChI=1S/C16H22F3N3O2/c1-10-9-14(24-21-10)13-3-2-8-22(13)15(23)20-12-6-4-11(5-7-12)16(17,18)19/h9,11-13H,2-8H2,1H3,(H,20,23)/t11?,12?,13-/m0/s1. The number of alkyl halides is 3. The van der Waals surface area contributed by atoms with Crippen molar-refractivity contribution in [1.29, 1.82) is 0 Å². The van der Waals surface area contributed by atoms with Gasteiger partial charge in [0.05, 0.1) is 17.7 Å². The first-order valence-corrected chi connectivity index (χ1v) is 8.41. The molecule has 1 saturated heterocycles. The second-order valence-corrected chi connectivity index (χ2v) is 6.76. The van der Waals surface area contributed by atoms with Gasteiger partial charge in [-0.15, -0.1) is 0 Å². The maximum absolute atomic E-state index is 12.7. The highest BCUT2D eigenvalue weighted by atomic mass is 19.4. The summed E-state index contributed by atoms with van der Waals surface area (Å²) in [5.74, 6) is -0.566. The van der Waals surface area contributed by atoms with E-state index in [1.54, 1.807) is 4.90 Å². The number of aryl methyl sites for hydroxylation is 1. The normalized spacial score (nSPS) is 28.2. The van der Waals surface area contributed by atoms with Crippen LogP contribution in [0.2, 0.25) is 0 Å². The number of likely N-dealkylation sites (tertiary alicyclic amines) is 1. The smallest absolute Gasteiger partial charge is 0.359 e. The van der Waals surface area contributed by atoms with Gasteiger partial charge in [-0.1, -0.05) is 5.16 Å². The molecule has 2 fully saturated rings. The highest BCUT2D eigenvalue weighted by Crippen LogP contribution is 2.38. The summed E-state index contributed by atoms with van der Waals surface area (Å²) >= 11 is 0. The Balaban J connectivity index is 1.55. The van der Waals surface area contributed by atoms with Gasteiger partial charge in [-0.2, -0.15) is 13.2 Å². The molecule has 2 heterocycles. The van der Waals surface area contributed by atoms with Crippen LogP contribution in [0.1, 0.15) is 56.0 Å². The molecule has 0 aromatic carbocycles. The average molecular weight is 345 g/mol. The second kappa shape index (κ2) is 6.64. The molecule has 1 aromatic heterocycles. The van der Waals surface area contributed by atoms with Crippen molar-refractivity contribution in [2.75, 3.05) is 6.54 Å². The van der Waals surface area contributed by atoms with Crippen molar-refractivity contribution in [1.82, 2.24) is 15.4 Å². The predicted octanol–water partition coefficient (Wildman–Crippen LogP) is 3.95. The molecule has 1 aromatic rings. The quantitative estimate of drug-likeness (QED) is 0.883. The Morgan fingerprint density at radius 1 is 1.29 bits per heavy atom. The molecule has 0 radical (unpaired) electrons. The monoisotopic (exact) mass is 345 g/mol. The molecule has 1 aliphatic heterocycles. The first-order valence-electron chi connectivity index (χ1n) is 8.41. The fourth-order valence-corrected chi connectivity index (χ4v) is 3.67. The molecule has 2 aliphatic rings. The molecule has 24 heavy (non-hydrogen) atoms. The van der Waals surface area contributed by atoms with Crippen LogP contribution in [0.5, 0.6) is 0 Å². The number of urea groups is 1. The predicted molar refractivity (Wildman–Crippen MR) is 80.3 cm³/mol. The molecule has 8 heteroatoms. The molecule has 1 N–H and O–H groups in total. The van der Waals surface area contributed by atoms with Gasteiger partial charge in [0.15, 0.2) is 5.76 Å². The summed E-state index contributed by atoms with van der Waals surface area (Å²) in [5.41, 5.74) is 0.766. The van der Waals surface area contributed by atoms with E-state index < -0.39 is 12.1 Å². The summed E-state index contributed by atoms with van der Waals surface area (Å²) in [5, 5.41) is 6.76. The number of amides is 2. The van der Waals surface area contributed by atoms with Gasteiger partial charge < -0.3 is 14.7 Å². The number of carbonyl (C=O) groups excluding carboxylic acids is 1. The van der Waals surface area contributed by atoms with E-state index in [0.717, 1.165) is 18.5 Å². The van der Waals surface area contributed by atoms with Crippen molar-refractivity contribution in [2.24, 2.45) is 5.92 Å². The van der Waals surface area contributed by atoms with Gasteiger partial charge in [0.2, 0.25) is 0 Å². The zero-order valence-electron chi connectivity index (χ0n) is 13.6. The van der Waals surface area contributed by atoms with E-state index in [-0.39, 0.29) is 31.0 Å². The summed E-state index contributed by atoms with van der Waals surface area (Å²) in [6.45, 7) is 2.44. The van der Waals surface area contributed by atoms with Gasteiger partial charge in [-0.3, -0.25) is 0 Å². The number of aromatic nitrogens is 1. The summed E-state index contributed by atoms with van der Waals surface area (Å²) in [6, 6.07) is 1.28. The molecule has 1 atom stereocenters. The van der Waals surface area contributed by atoms with E-state index in [2.05, 4.69) is 10.5 Å². The molecule has 0 spiro atoms. The highest BCUT2D eigenvalue weighted by Gasteiger charge is 2.42. The molecule has 3 rings (SSSR count). The van der Waals surface area contributed by atoms with Crippen LogP contribution in [0.4, 0.5) is 18.0 Å². The van der Waals surface area contributed by atoms with E-state index in [0.29, 0.717) is 25.1 Å². The lowest BCUT2D eigenvalue weighted by Crippen LogP contribution is -2.46. The SMILES string of the molecule is Cc1cc([C@@H]2CCCN2C(=O)NC2CCC(C(F)(F)F)CC2)on1. The number of halogens is 3. The molecule has 1 aliphatic carbocycles. The number of rotatable bonds is 2. The number of nitrogens with one attached hydrogen (secondary N) is 1. The first kappa shape index (κ1) is 17.1. The van der Waals surface area contributed by atoms with Crippen molar-refractivity contribution >= 4 is 6.03 Å². The van der Waals surface area contributed by atoms with Crippen LogP contribution in [0.25, 0.3) is 0 Å². The lowest BCUT2D eigenvalue weighted by Gasteiger charge is -2.32. The first-order chi connectivity index (χ1) is 11.3. The molecule has 0 unspecified atom stereocenters. The number of hydrogen-bond donors (Lipinski definition) is 1. The summed E-state index contributed by atoms with van der Waals surface area (Å²) in [6.07, 6.45) is -1.54. The molecule has 5 nitrogen and oxygen atoms in total.